The SMILES string of the molecule is C[C@@H]1CCCN1CCOc1ccc(-n2ccc(OCc3ccc(F)cn3)cc2=O)cc1. The van der Waals surface area contributed by atoms with Gasteiger partial charge in [-0.1, -0.05) is 0 Å². The number of halogens is 1. The van der Waals surface area contributed by atoms with Crippen LogP contribution < -0.4 is 15.0 Å². The van der Waals surface area contributed by atoms with Gasteiger partial charge in [-0.3, -0.25) is 19.2 Å². The summed E-state index contributed by atoms with van der Waals surface area (Å²) in [7, 11) is 0. The fourth-order valence-electron chi connectivity index (χ4n) is 3.72. The van der Waals surface area contributed by atoms with E-state index in [0.29, 0.717) is 24.1 Å². The summed E-state index contributed by atoms with van der Waals surface area (Å²) in [6.45, 7) is 5.14. The number of likely N-dealkylation sites (tertiary alicyclic amines) is 1. The quantitative estimate of drug-likeness (QED) is 0.551. The van der Waals surface area contributed by atoms with Gasteiger partial charge in [0.25, 0.3) is 5.56 Å². The zero-order chi connectivity index (χ0) is 21.6. The second kappa shape index (κ2) is 9.75. The number of benzene rings is 1. The van der Waals surface area contributed by atoms with Crippen LogP contribution in [0.15, 0.2) is 65.7 Å². The largest absolute Gasteiger partial charge is 0.492 e. The minimum atomic E-state index is -0.399. The summed E-state index contributed by atoms with van der Waals surface area (Å²) in [4.78, 5) is 18.9. The van der Waals surface area contributed by atoms with Crippen LogP contribution >= 0.6 is 0 Å². The minimum Gasteiger partial charge on any atom is -0.492 e. The zero-order valence-corrected chi connectivity index (χ0v) is 17.5. The Bertz CT molecular complexity index is 1050. The predicted octanol–water partition coefficient (Wildman–Crippen LogP) is 3.81. The van der Waals surface area contributed by atoms with Gasteiger partial charge in [0.2, 0.25) is 0 Å². The van der Waals surface area contributed by atoms with E-state index in [1.54, 1.807) is 22.9 Å². The Kier molecular flexibility index (Phi) is 6.62. The Hall–Kier alpha value is -3.19. The molecular weight excluding hydrogens is 397 g/mol. The van der Waals surface area contributed by atoms with E-state index in [1.165, 1.54) is 25.0 Å². The molecule has 0 N–H and O–H groups in total. The van der Waals surface area contributed by atoms with Gasteiger partial charge < -0.3 is 9.47 Å². The lowest BCUT2D eigenvalue weighted by atomic mass is 10.2. The van der Waals surface area contributed by atoms with Gasteiger partial charge in [-0.2, -0.15) is 0 Å². The lowest BCUT2D eigenvalue weighted by molar-refractivity contribution is 0.204. The first-order valence-corrected chi connectivity index (χ1v) is 10.5. The molecule has 3 aromatic rings. The molecule has 162 valence electrons. The molecule has 1 aromatic carbocycles. The molecule has 3 heterocycles. The number of rotatable bonds is 8. The maximum absolute atomic E-state index is 12.9. The third-order valence-electron chi connectivity index (χ3n) is 5.52. The standard InChI is InChI=1S/C24H26FN3O3/c1-18-3-2-11-27(18)13-14-30-22-8-6-21(7-9-22)28-12-10-23(15-24(28)29)31-17-20-5-4-19(25)16-26-20/h4-10,12,15-16,18H,2-3,11,13-14,17H2,1H3/t18-/m1/s1. The molecule has 2 aromatic heterocycles. The van der Waals surface area contributed by atoms with Crippen molar-refractivity contribution in [3.05, 3.63) is 82.8 Å². The highest BCUT2D eigenvalue weighted by atomic mass is 19.1. The first-order chi connectivity index (χ1) is 15.1. The van der Waals surface area contributed by atoms with E-state index < -0.39 is 5.82 Å². The summed E-state index contributed by atoms with van der Waals surface area (Å²) in [5.74, 6) is 0.822. The van der Waals surface area contributed by atoms with E-state index >= 15 is 0 Å². The van der Waals surface area contributed by atoms with Gasteiger partial charge in [-0.05, 0) is 68.8 Å². The van der Waals surface area contributed by atoms with E-state index in [1.807, 2.05) is 24.3 Å². The highest BCUT2D eigenvalue weighted by Crippen LogP contribution is 2.18. The van der Waals surface area contributed by atoms with Gasteiger partial charge in [-0.25, -0.2) is 4.39 Å². The van der Waals surface area contributed by atoms with Crippen molar-refractivity contribution < 1.29 is 13.9 Å². The van der Waals surface area contributed by atoms with E-state index in [9.17, 15) is 9.18 Å². The van der Waals surface area contributed by atoms with Crippen molar-refractivity contribution >= 4 is 0 Å². The number of pyridine rings is 2. The van der Waals surface area contributed by atoms with Gasteiger partial charge in [-0.15, -0.1) is 0 Å². The number of aromatic nitrogens is 2. The summed E-state index contributed by atoms with van der Waals surface area (Å²) < 4.78 is 25.9. The van der Waals surface area contributed by atoms with Crippen molar-refractivity contribution in [2.45, 2.75) is 32.4 Å². The molecule has 1 atom stereocenters. The summed E-state index contributed by atoms with van der Waals surface area (Å²) in [6.07, 6.45) is 5.32. The summed E-state index contributed by atoms with van der Waals surface area (Å²) >= 11 is 0. The van der Waals surface area contributed by atoms with Crippen LogP contribution in [0.25, 0.3) is 5.69 Å². The van der Waals surface area contributed by atoms with Crippen LogP contribution in [-0.4, -0.2) is 40.2 Å². The first-order valence-electron chi connectivity index (χ1n) is 10.5. The molecule has 7 heteroatoms. The molecule has 1 aliphatic rings. The predicted molar refractivity (Wildman–Crippen MR) is 116 cm³/mol. The van der Waals surface area contributed by atoms with Gasteiger partial charge in [0.05, 0.1) is 11.9 Å². The Labute approximate surface area is 180 Å². The molecule has 1 fully saturated rings. The molecule has 0 radical (unpaired) electrons. The fraction of sp³-hybridized carbons (Fsp3) is 0.333. The third kappa shape index (κ3) is 5.49. The molecule has 6 nitrogen and oxygen atoms in total. The van der Waals surface area contributed by atoms with Crippen LogP contribution in [0.5, 0.6) is 11.5 Å². The lowest BCUT2D eigenvalue weighted by Gasteiger charge is -2.20. The Morgan fingerprint density at radius 3 is 2.61 bits per heavy atom. The fourth-order valence-corrected chi connectivity index (χ4v) is 3.72. The highest BCUT2D eigenvalue weighted by molar-refractivity contribution is 5.38. The number of ether oxygens (including phenoxy) is 2. The normalized spacial score (nSPS) is 16.4. The Balaban J connectivity index is 1.33. The highest BCUT2D eigenvalue weighted by Gasteiger charge is 2.19. The van der Waals surface area contributed by atoms with Crippen LogP contribution in [0, 0.1) is 5.82 Å². The average molecular weight is 423 g/mol. The van der Waals surface area contributed by atoms with Gasteiger partial charge in [0.1, 0.15) is 30.5 Å². The van der Waals surface area contributed by atoms with Gasteiger partial charge in [0, 0.05) is 30.5 Å². The molecule has 0 aliphatic carbocycles. The molecule has 0 unspecified atom stereocenters. The molecular formula is C24H26FN3O3. The number of hydrogen-bond acceptors (Lipinski definition) is 5. The summed E-state index contributed by atoms with van der Waals surface area (Å²) in [5.41, 5.74) is 1.12. The van der Waals surface area contributed by atoms with E-state index in [-0.39, 0.29) is 12.2 Å². The van der Waals surface area contributed by atoms with E-state index in [0.717, 1.165) is 30.7 Å². The van der Waals surface area contributed by atoms with E-state index in [2.05, 4.69) is 16.8 Å². The second-order valence-corrected chi connectivity index (χ2v) is 7.70. The second-order valence-electron chi connectivity index (χ2n) is 7.70. The zero-order valence-electron chi connectivity index (χ0n) is 17.5. The van der Waals surface area contributed by atoms with Crippen molar-refractivity contribution in [1.29, 1.82) is 0 Å². The topological polar surface area (TPSA) is 56.6 Å². The average Bonchev–Trinajstić information content (AvgIpc) is 3.19. The van der Waals surface area contributed by atoms with Crippen molar-refractivity contribution in [2.24, 2.45) is 0 Å². The summed E-state index contributed by atoms with van der Waals surface area (Å²) in [6, 6.07) is 14.1. The van der Waals surface area contributed by atoms with Crippen LogP contribution in [0.4, 0.5) is 4.39 Å². The Morgan fingerprint density at radius 2 is 1.94 bits per heavy atom. The van der Waals surface area contributed by atoms with E-state index in [4.69, 9.17) is 9.47 Å². The minimum absolute atomic E-state index is 0.159. The Morgan fingerprint density at radius 1 is 1.10 bits per heavy atom. The third-order valence-corrected chi connectivity index (χ3v) is 5.52. The van der Waals surface area contributed by atoms with Crippen LogP contribution in [-0.2, 0) is 6.61 Å². The summed E-state index contributed by atoms with van der Waals surface area (Å²) in [5, 5.41) is 0. The molecule has 4 rings (SSSR count). The van der Waals surface area contributed by atoms with Crippen molar-refractivity contribution in [1.82, 2.24) is 14.5 Å². The molecule has 0 bridgehead atoms. The maximum atomic E-state index is 12.9. The number of nitrogens with zero attached hydrogens (tertiary/aromatic N) is 3. The van der Waals surface area contributed by atoms with Gasteiger partial charge in [0.15, 0.2) is 0 Å². The molecule has 0 spiro atoms. The van der Waals surface area contributed by atoms with Crippen molar-refractivity contribution in [3.8, 4) is 17.2 Å². The van der Waals surface area contributed by atoms with Gasteiger partial charge >= 0.3 is 0 Å². The molecule has 31 heavy (non-hydrogen) atoms. The number of hydrogen-bond donors (Lipinski definition) is 0. The van der Waals surface area contributed by atoms with Crippen LogP contribution in [0.3, 0.4) is 0 Å². The maximum Gasteiger partial charge on any atom is 0.258 e. The van der Waals surface area contributed by atoms with Crippen molar-refractivity contribution in [3.63, 3.8) is 0 Å². The van der Waals surface area contributed by atoms with Crippen LogP contribution in [0.2, 0.25) is 0 Å². The smallest absolute Gasteiger partial charge is 0.258 e. The van der Waals surface area contributed by atoms with Crippen molar-refractivity contribution in [2.75, 3.05) is 19.7 Å². The molecule has 1 aliphatic heterocycles. The lowest BCUT2D eigenvalue weighted by Crippen LogP contribution is -2.31. The molecule has 1 saturated heterocycles. The van der Waals surface area contributed by atoms with Crippen LogP contribution in [0.1, 0.15) is 25.5 Å². The molecule has 0 saturated carbocycles. The molecule has 0 amide bonds. The monoisotopic (exact) mass is 423 g/mol. The first kappa shape index (κ1) is 21.1.